The van der Waals surface area contributed by atoms with Gasteiger partial charge in [0.05, 0.1) is 17.7 Å². The summed E-state index contributed by atoms with van der Waals surface area (Å²) >= 11 is 0. The van der Waals surface area contributed by atoms with Gasteiger partial charge in [-0.3, -0.25) is 4.79 Å². The van der Waals surface area contributed by atoms with Crippen LogP contribution in [0.1, 0.15) is 22.8 Å². The van der Waals surface area contributed by atoms with E-state index in [9.17, 15) is 28.0 Å². The monoisotopic (exact) mass is 384 g/mol. The Balaban J connectivity index is 2.25. The van der Waals surface area contributed by atoms with Gasteiger partial charge in [0.25, 0.3) is 5.91 Å². The zero-order valence-corrected chi connectivity index (χ0v) is 14.1. The number of carbonyl (C=O) groups excluding carboxylic acids is 1. The summed E-state index contributed by atoms with van der Waals surface area (Å²) in [6.45, 7) is 1.28. The number of aromatic nitrogens is 1. The number of amides is 1. The maximum atomic E-state index is 12.6. The second-order valence-corrected chi connectivity index (χ2v) is 5.67. The van der Waals surface area contributed by atoms with Crippen LogP contribution in [0.4, 0.5) is 13.2 Å². The predicted molar refractivity (Wildman–Crippen MR) is 89.6 cm³/mol. The van der Waals surface area contributed by atoms with Gasteiger partial charge in [0, 0.05) is 17.7 Å². The molecule has 0 aliphatic carbocycles. The van der Waals surface area contributed by atoms with E-state index in [0.29, 0.717) is 0 Å². The van der Waals surface area contributed by atoms with Crippen molar-refractivity contribution >= 4 is 18.5 Å². The lowest BCUT2D eigenvalue weighted by atomic mass is 9.80. The van der Waals surface area contributed by atoms with Crippen molar-refractivity contribution in [2.24, 2.45) is 0 Å². The van der Waals surface area contributed by atoms with Crippen LogP contribution in [0.2, 0.25) is 0 Å². The summed E-state index contributed by atoms with van der Waals surface area (Å²) in [7, 11) is -2.04. The molecule has 7 nitrogen and oxygen atoms in total. The van der Waals surface area contributed by atoms with Crippen molar-refractivity contribution in [1.82, 2.24) is 10.3 Å². The SMILES string of the molecule is CC(CO)NC(=O)c1cnc(Oc2ccc(C(F)(F)F)cc2)c(B(O)O)c1. The Hall–Kier alpha value is -2.63. The third-order valence-electron chi connectivity index (χ3n) is 3.47. The first-order valence-electron chi connectivity index (χ1n) is 7.74. The Morgan fingerprint density at radius 1 is 1.30 bits per heavy atom. The third-order valence-corrected chi connectivity index (χ3v) is 3.47. The van der Waals surface area contributed by atoms with Gasteiger partial charge in [0.1, 0.15) is 5.75 Å². The number of nitrogens with one attached hydrogen (secondary N) is 1. The Kier molecular flexibility index (Phi) is 6.42. The number of aliphatic hydroxyl groups excluding tert-OH is 1. The molecule has 27 heavy (non-hydrogen) atoms. The minimum atomic E-state index is -4.50. The van der Waals surface area contributed by atoms with E-state index < -0.39 is 30.8 Å². The number of benzene rings is 1. The maximum Gasteiger partial charge on any atom is 0.494 e. The van der Waals surface area contributed by atoms with E-state index in [1.807, 2.05) is 0 Å². The first kappa shape index (κ1) is 20.7. The first-order valence-corrected chi connectivity index (χ1v) is 7.74. The normalized spacial score (nSPS) is 12.4. The molecule has 0 aliphatic rings. The Labute approximate surface area is 152 Å². The smallest absolute Gasteiger partial charge is 0.439 e. The first-order chi connectivity index (χ1) is 12.6. The van der Waals surface area contributed by atoms with Crippen molar-refractivity contribution in [2.75, 3.05) is 6.61 Å². The highest BCUT2D eigenvalue weighted by molar-refractivity contribution is 6.59. The molecule has 0 aliphatic heterocycles. The van der Waals surface area contributed by atoms with Gasteiger partial charge in [-0.05, 0) is 37.3 Å². The second kappa shape index (κ2) is 8.38. The number of aliphatic hydroxyl groups is 1. The fourth-order valence-electron chi connectivity index (χ4n) is 2.04. The van der Waals surface area contributed by atoms with Crippen LogP contribution in [-0.4, -0.2) is 45.8 Å². The average Bonchev–Trinajstić information content (AvgIpc) is 2.61. The third kappa shape index (κ3) is 5.42. The summed E-state index contributed by atoms with van der Waals surface area (Å²) in [6, 6.07) is 4.33. The standard InChI is InChI=1S/C16H16BF3N2O5/c1-9(8-23)22-14(24)10-6-13(17(25)26)15(21-7-10)27-12-4-2-11(3-5-12)16(18,19)20/h2-7,9,23,25-26H,8H2,1H3,(H,22,24). The quantitative estimate of drug-likeness (QED) is 0.546. The number of hydrogen-bond acceptors (Lipinski definition) is 6. The van der Waals surface area contributed by atoms with E-state index in [4.69, 9.17) is 9.84 Å². The molecular formula is C16H16BF3N2O5. The van der Waals surface area contributed by atoms with Crippen molar-refractivity contribution in [1.29, 1.82) is 0 Å². The van der Waals surface area contributed by atoms with Gasteiger partial charge in [-0.25, -0.2) is 4.98 Å². The summed E-state index contributed by atoms with van der Waals surface area (Å²) < 4.78 is 43.0. The van der Waals surface area contributed by atoms with Gasteiger partial charge >= 0.3 is 13.3 Å². The Morgan fingerprint density at radius 2 is 1.93 bits per heavy atom. The number of nitrogens with zero attached hydrogens (tertiary/aromatic N) is 1. The van der Waals surface area contributed by atoms with E-state index in [0.717, 1.165) is 36.5 Å². The highest BCUT2D eigenvalue weighted by Gasteiger charge is 2.30. The topological polar surface area (TPSA) is 112 Å². The van der Waals surface area contributed by atoms with E-state index in [1.165, 1.54) is 0 Å². The number of alkyl halides is 3. The summed E-state index contributed by atoms with van der Waals surface area (Å²) in [5, 5.41) is 30.4. The Morgan fingerprint density at radius 3 is 2.44 bits per heavy atom. The van der Waals surface area contributed by atoms with Gasteiger partial charge in [0.2, 0.25) is 5.88 Å². The van der Waals surface area contributed by atoms with E-state index in [2.05, 4.69) is 10.3 Å². The molecule has 1 unspecified atom stereocenters. The van der Waals surface area contributed by atoms with Crippen molar-refractivity contribution in [3.05, 3.63) is 47.7 Å². The molecule has 0 fully saturated rings. The highest BCUT2D eigenvalue weighted by Crippen LogP contribution is 2.31. The van der Waals surface area contributed by atoms with Crippen LogP contribution in [0.5, 0.6) is 11.6 Å². The molecule has 1 atom stereocenters. The fourth-order valence-corrected chi connectivity index (χ4v) is 2.04. The van der Waals surface area contributed by atoms with Crippen LogP contribution in [0, 0.1) is 0 Å². The maximum absolute atomic E-state index is 12.6. The number of carbonyl (C=O) groups is 1. The molecule has 0 saturated heterocycles. The van der Waals surface area contributed by atoms with Gasteiger partial charge < -0.3 is 25.2 Å². The van der Waals surface area contributed by atoms with Crippen LogP contribution >= 0.6 is 0 Å². The van der Waals surface area contributed by atoms with Crippen LogP contribution in [0.3, 0.4) is 0 Å². The molecule has 4 N–H and O–H groups in total. The predicted octanol–water partition coefficient (Wildman–Crippen LogP) is 0.683. The summed E-state index contributed by atoms with van der Waals surface area (Å²) in [6.07, 6.45) is -3.39. The minimum absolute atomic E-state index is 0.0106. The molecule has 1 aromatic heterocycles. The molecule has 144 valence electrons. The number of ether oxygens (including phenoxy) is 1. The van der Waals surface area contributed by atoms with Crippen LogP contribution in [0.25, 0.3) is 0 Å². The van der Waals surface area contributed by atoms with Gasteiger partial charge in [0.15, 0.2) is 0 Å². The largest absolute Gasteiger partial charge is 0.494 e. The lowest BCUT2D eigenvalue weighted by molar-refractivity contribution is -0.137. The Bertz CT molecular complexity index is 800. The van der Waals surface area contributed by atoms with Crippen molar-refractivity contribution in [3.8, 4) is 11.6 Å². The molecule has 0 spiro atoms. The van der Waals surface area contributed by atoms with Crippen LogP contribution < -0.4 is 15.5 Å². The zero-order valence-electron chi connectivity index (χ0n) is 14.1. The summed E-state index contributed by atoms with van der Waals surface area (Å²) in [4.78, 5) is 15.8. The summed E-state index contributed by atoms with van der Waals surface area (Å²) in [5.41, 5.74) is -1.13. The van der Waals surface area contributed by atoms with Gasteiger partial charge in [-0.1, -0.05) is 0 Å². The molecule has 0 saturated carbocycles. The van der Waals surface area contributed by atoms with E-state index >= 15 is 0 Å². The molecule has 2 aromatic rings. The molecule has 1 amide bonds. The number of halogens is 3. The molecule has 1 aromatic carbocycles. The van der Waals surface area contributed by atoms with Crippen LogP contribution in [0.15, 0.2) is 36.5 Å². The van der Waals surface area contributed by atoms with Crippen LogP contribution in [-0.2, 0) is 6.18 Å². The number of pyridine rings is 1. The molecule has 1 heterocycles. The minimum Gasteiger partial charge on any atom is -0.439 e. The fraction of sp³-hybridized carbons (Fsp3) is 0.250. The number of hydrogen-bond donors (Lipinski definition) is 4. The zero-order chi connectivity index (χ0) is 20.2. The molecule has 2 rings (SSSR count). The molecular weight excluding hydrogens is 368 g/mol. The second-order valence-electron chi connectivity index (χ2n) is 5.67. The average molecular weight is 384 g/mol. The summed E-state index contributed by atoms with van der Waals surface area (Å²) in [5.74, 6) is -0.896. The van der Waals surface area contributed by atoms with E-state index in [1.54, 1.807) is 6.92 Å². The van der Waals surface area contributed by atoms with Gasteiger partial charge in [-0.15, -0.1) is 0 Å². The van der Waals surface area contributed by atoms with E-state index in [-0.39, 0.29) is 29.3 Å². The lowest BCUT2D eigenvalue weighted by Crippen LogP contribution is -2.37. The van der Waals surface area contributed by atoms with Gasteiger partial charge in [-0.2, -0.15) is 13.2 Å². The molecule has 0 radical (unpaired) electrons. The van der Waals surface area contributed by atoms with Crippen molar-refractivity contribution < 1.29 is 37.9 Å². The van der Waals surface area contributed by atoms with Crippen molar-refractivity contribution in [3.63, 3.8) is 0 Å². The van der Waals surface area contributed by atoms with Crippen molar-refractivity contribution in [2.45, 2.75) is 19.1 Å². The lowest BCUT2D eigenvalue weighted by Gasteiger charge is -2.14. The molecule has 11 heteroatoms. The highest BCUT2D eigenvalue weighted by atomic mass is 19.4. The molecule has 0 bridgehead atoms. The number of rotatable bonds is 6.